The first kappa shape index (κ1) is 31.7. The van der Waals surface area contributed by atoms with E-state index in [4.69, 9.17) is 10.8 Å². The zero-order chi connectivity index (χ0) is 29.8. The van der Waals surface area contributed by atoms with Crippen molar-refractivity contribution < 1.29 is 44.4 Å². The second kappa shape index (κ2) is 15.2. The number of nitrogens with two attached hydrogens (primary N) is 1. The lowest BCUT2D eigenvalue weighted by Crippen LogP contribution is -2.60. The van der Waals surface area contributed by atoms with Crippen molar-refractivity contribution >= 4 is 29.7 Å². The van der Waals surface area contributed by atoms with Gasteiger partial charge >= 0.3 is 11.9 Å². The van der Waals surface area contributed by atoms with E-state index < -0.39 is 72.8 Å². The van der Waals surface area contributed by atoms with E-state index >= 15 is 0 Å². The highest BCUT2D eigenvalue weighted by molar-refractivity contribution is 5.94. The summed E-state index contributed by atoms with van der Waals surface area (Å²) in [5.74, 6) is -5.25. The molecule has 5 unspecified atom stereocenters. The molecule has 9 N–H and O–H groups in total. The lowest BCUT2D eigenvalue weighted by Gasteiger charge is -2.26. The van der Waals surface area contributed by atoms with E-state index in [2.05, 4.69) is 16.0 Å². The third kappa shape index (κ3) is 10.3. The van der Waals surface area contributed by atoms with E-state index in [0.29, 0.717) is 11.1 Å². The van der Waals surface area contributed by atoms with Crippen LogP contribution in [-0.2, 0) is 36.8 Å². The van der Waals surface area contributed by atoms with Crippen molar-refractivity contribution in [3.63, 3.8) is 0 Å². The topological polar surface area (TPSA) is 228 Å². The molecule has 0 saturated carbocycles. The van der Waals surface area contributed by atoms with E-state index in [9.17, 15) is 39.3 Å². The fourth-order valence-corrected chi connectivity index (χ4v) is 3.76. The number of hydrogen-bond acceptors (Lipinski definition) is 8. The van der Waals surface area contributed by atoms with Gasteiger partial charge in [-0.3, -0.25) is 19.2 Å². The van der Waals surface area contributed by atoms with Crippen LogP contribution in [0.15, 0.2) is 54.6 Å². The number of rotatable bonds is 15. The van der Waals surface area contributed by atoms with E-state index in [0.717, 1.165) is 0 Å². The van der Waals surface area contributed by atoms with E-state index in [1.54, 1.807) is 42.5 Å². The Morgan fingerprint density at radius 1 is 0.775 bits per heavy atom. The Hall–Kier alpha value is -4.49. The lowest BCUT2D eigenvalue weighted by atomic mass is 10.0. The molecule has 2 aromatic carbocycles. The van der Waals surface area contributed by atoms with Gasteiger partial charge in [0.2, 0.25) is 17.7 Å². The Kier molecular flexibility index (Phi) is 12.0. The van der Waals surface area contributed by atoms with Crippen LogP contribution in [0.4, 0.5) is 0 Å². The minimum Gasteiger partial charge on any atom is -0.508 e. The largest absolute Gasteiger partial charge is 0.508 e. The molecule has 0 fully saturated rings. The maximum Gasteiger partial charge on any atom is 0.326 e. The molecule has 0 saturated heterocycles. The molecule has 0 spiro atoms. The van der Waals surface area contributed by atoms with Crippen molar-refractivity contribution in [1.29, 1.82) is 0 Å². The number of benzene rings is 2. The second-order valence-corrected chi connectivity index (χ2v) is 9.29. The third-order valence-electron chi connectivity index (χ3n) is 5.97. The third-order valence-corrected chi connectivity index (χ3v) is 5.97. The molecule has 13 heteroatoms. The van der Waals surface area contributed by atoms with Gasteiger partial charge in [0.25, 0.3) is 0 Å². The standard InChI is InChI=1S/C27H34N4O9/c1-15(32)23(26(38)29-20(27(39)40)11-12-22(34)35)31-25(37)21(14-16-5-3-2-4-6-16)30-24(36)19(28)13-17-7-9-18(33)10-8-17/h2-10,15,19-21,23,32-33H,11-14,28H2,1H3,(H,29,38)(H,30,36)(H,31,37)(H,34,35)(H,39,40). The predicted molar refractivity (Wildman–Crippen MR) is 142 cm³/mol. The van der Waals surface area contributed by atoms with Gasteiger partial charge in [0.1, 0.15) is 23.9 Å². The lowest BCUT2D eigenvalue weighted by molar-refractivity contribution is -0.144. The van der Waals surface area contributed by atoms with Crippen molar-refractivity contribution in [2.75, 3.05) is 0 Å². The van der Waals surface area contributed by atoms with Crippen LogP contribution in [0, 0.1) is 0 Å². The molecule has 40 heavy (non-hydrogen) atoms. The van der Waals surface area contributed by atoms with Gasteiger partial charge < -0.3 is 42.1 Å². The molecular formula is C27H34N4O9. The zero-order valence-corrected chi connectivity index (χ0v) is 21.8. The summed E-state index contributed by atoms with van der Waals surface area (Å²) in [6.07, 6.45) is -2.30. The molecule has 2 rings (SSSR count). The van der Waals surface area contributed by atoms with Crippen LogP contribution >= 0.6 is 0 Å². The van der Waals surface area contributed by atoms with Crippen LogP contribution < -0.4 is 21.7 Å². The normalized spacial score (nSPS) is 14.6. The van der Waals surface area contributed by atoms with Crippen LogP contribution in [0.1, 0.15) is 30.9 Å². The number of hydrogen-bond donors (Lipinski definition) is 8. The number of aliphatic hydroxyl groups excluding tert-OH is 1. The first-order chi connectivity index (χ1) is 18.9. The summed E-state index contributed by atoms with van der Waals surface area (Å²) in [4.78, 5) is 61.3. The summed E-state index contributed by atoms with van der Waals surface area (Å²) < 4.78 is 0. The molecule has 216 valence electrons. The number of carbonyl (C=O) groups is 5. The fraction of sp³-hybridized carbons (Fsp3) is 0.370. The molecule has 0 aromatic heterocycles. The van der Waals surface area contributed by atoms with Gasteiger partial charge in [-0.2, -0.15) is 0 Å². The smallest absolute Gasteiger partial charge is 0.326 e. The summed E-state index contributed by atoms with van der Waals surface area (Å²) in [5.41, 5.74) is 7.40. The number of amides is 3. The Labute approximate surface area is 230 Å². The molecule has 0 bridgehead atoms. The number of aliphatic carboxylic acids is 2. The number of phenolic OH excluding ortho intramolecular Hbond substituents is 1. The number of nitrogens with one attached hydrogen (secondary N) is 3. The van der Waals surface area contributed by atoms with E-state index in [1.807, 2.05) is 0 Å². The molecule has 0 aliphatic carbocycles. The van der Waals surface area contributed by atoms with Crippen LogP contribution in [0.2, 0.25) is 0 Å². The zero-order valence-electron chi connectivity index (χ0n) is 21.8. The first-order valence-electron chi connectivity index (χ1n) is 12.5. The molecule has 5 atom stereocenters. The van der Waals surface area contributed by atoms with Crippen LogP contribution in [-0.4, -0.2) is 80.4 Å². The SMILES string of the molecule is CC(O)C(NC(=O)C(Cc1ccccc1)NC(=O)C(N)Cc1ccc(O)cc1)C(=O)NC(CCC(=O)O)C(=O)O. The molecule has 0 heterocycles. The summed E-state index contributed by atoms with van der Waals surface area (Å²) >= 11 is 0. The van der Waals surface area contributed by atoms with Gasteiger partial charge in [0.05, 0.1) is 12.1 Å². The Morgan fingerprint density at radius 3 is 1.90 bits per heavy atom. The van der Waals surface area contributed by atoms with Crippen molar-refractivity contribution in [2.45, 2.75) is 62.9 Å². The summed E-state index contributed by atoms with van der Waals surface area (Å²) in [6.45, 7) is 1.20. The predicted octanol–water partition coefficient (Wildman–Crippen LogP) is -0.711. The van der Waals surface area contributed by atoms with Gasteiger partial charge in [0.15, 0.2) is 0 Å². The first-order valence-corrected chi connectivity index (χ1v) is 12.5. The molecule has 13 nitrogen and oxygen atoms in total. The van der Waals surface area contributed by atoms with Crippen molar-refractivity contribution in [1.82, 2.24) is 16.0 Å². The van der Waals surface area contributed by atoms with Gasteiger partial charge in [-0.15, -0.1) is 0 Å². The Balaban J connectivity index is 2.18. The molecule has 2 aromatic rings. The fourth-order valence-electron chi connectivity index (χ4n) is 3.76. The second-order valence-electron chi connectivity index (χ2n) is 9.29. The minimum atomic E-state index is -1.61. The van der Waals surface area contributed by atoms with Gasteiger partial charge in [-0.05, 0) is 43.0 Å². The monoisotopic (exact) mass is 558 g/mol. The van der Waals surface area contributed by atoms with Crippen molar-refractivity contribution in [3.8, 4) is 5.75 Å². The average molecular weight is 559 g/mol. The Bertz CT molecular complexity index is 1170. The highest BCUT2D eigenvalue weighted by Crippen LogP contribution is 2.12. The van der Waals surface area contributed by atoms with Crippen molar-refractivity contribution in [3.05, 3.63) is 65.7 Å². The number of carboxylic acids is 2. The highest BCUT2D eigenvalue weighted by atomic mass is 16.4. The van der Waals surface area contributed by atoms with Gasteiger partial charge in [-0.1, -0.05) is 42.5 Å². The minimum absolute atomic E-state index is 0.00878. The summed E-state index contributed by atoms with van der Waals surface area (Å²) in [6, 6.07) is 9.31. The Morgan fingerprint density at radius 2 is 1.35 bits per heavy atom. The van der Waals surface area contributed by atoms with E-state index in [1.165, 1.54) is 19.1 Å². The van der Waals surface area contributed by atoms with Crippen LogP contribution in [0.5, 0.6) is 5.75 Å². The summed E-state index contributed by atoms with van der Waals surface area (Å²) in [7, 11) is 0. The molecule has 0 radical (unpaired) electrons. The van der Waals surface area contributed by atoms with Crippen LogP contribution in [0.25, 0.3) is 0 Å². The number of phenols is 1. The molecule has 0 aliphatic rings. The molecule has 3 amide bonds. The highest BCUT2D eigenvalue weighted by Gasteiger charge is 2.33. The molecular weight excluding hydrogens is 524 g/mol. The number of carboxylic acid groups (broad SMARTS) is 2. The maximum absolute atomic E-state index is 13.3. The van der Waals surface area contributed by atoms with E-state index in [-0.39, 0.29) is 18.6 Å². The van der Waals surface area contributed by atoms with Crippen LogP contribution in [0.3, 0.4) is 0 Å². The maximum atomic E-state index is 13.3. The number of aliphatic hydroxyl groups is 1. The average Bonchev–Trinajstić information content (AvgIpc) is 2.90. The van der Waals surface area contributed by atoms with Gasteiger partial charge in [0, 0.05) is 12.8 Å². The quantitative estimate of drug-likeness (QED) is 0.137. The van der Waals surface area contributed by atoms with Crippen molar-refractivity contribution in [2.24, 2.45) is 5.73 Å². The number of carbonyl (C=O) groups excluding carboxylic acids is 3. The molecule has 0 aliphatic heterocycles. The summed E-state index contributed by atoms with van der Waals surface area (Å²) in [5, 5.41) is 44.8. The van der Waals surface area contributed by atoms with Gasteiger partial charge in [-0.25, -0.2) is 4.79 Å². The number of aromatic hydroxyl groups is 1.